The molecule has 0 aliphatic carbocycles. The monoisotopic (exact) mass is 1260 g/mol. The van der Waals surface area contributed by atoms with Crippen molar-refractivity contribution in [1.82, 2.24) is 0 Å². The van der Waals surface area contributed by atoms with Crippen molar-refractivity contribution < 1.29 is 0 Å². The Hall–Kier alpha value is -5.80. The summed E-state index contributed by atoms with van der Waals surface area (Å²) in [4.78, 5) is 0. The predicted octanol–water partition coefficient (Wildman–Crippen LogP) is 26.5. The second kappa shape index (κ2) is 21.5. The lowest BCUT2D eigenvalue weighted by atomic mass is 9.78. The molecule has 86 heavy (non-hydrogen) atoms. The van der Waals surface area contributed by atoms with Gasteiger partial charge >= 0.3 is 0 Å². The van der Waals surface area contributed by atoms with Crippen LogP contribution in [-0.4, -0.2) is 0 Å². The van der Waals surface area contributed by atoms with Crippen LogP contribution in [0.3, 0.4) is 0 Å². The first kappa shape index (κ1) is 63.2. The van der Waals surface area contributed by atoms with E-state index in [0.717, 1.165) is 14.5 Å². The van der Waals surface area contributed by atoms with Crippen molar-refractivity contribution >= 4 is 74.9 Å². The molecule has 446 valence electrons. The Labute approximate surface area is 535 Å². The summed E-state index contributed by atoms with van der Waals surface area (Å²) in [7, 11) is 0. The largest absolute Gasteiger partial charge is 0.0561 e. The highest BCUT2D eigenvalue weighted by Crippen LogP contribution is 2.52. The van der Waals surface area contributed by atoms with Crippen LogP contribution in [0.25, 0.3) is 98.7 Å². The molecule has 0 unspecified atom stereocenters. The minimum Gasteiger partial charge on any atom is -0.0561 e. The first-order valence-electron chi connectivity index (χ1n) is 31.5. The highest BCUT2D eigenvalue weighted by atomic mass is 79.9. The van der Waals surface area contributed by atoms with Crippen LogP contribution in [0.15, 0.2) is 155 Å². The zero-order valence-electron chi connectivity index (χ0n) is 56.6. The van der Waals surface area contributed by atoms with Gasteiger partial charge in [-0.2, -0.15) is 0 Å². The van der Waals surface area contributed by atoms with Crippen molar-refractivity contribution in [2.45, 2.75) is 209 Å². The van der Waals surface area contributed by atoms with Gasteiger partial charge in [0.25, 0.3) is 0 Å². The van der Waals surface area contributed by atoms with Crippen LogP contribution in [0.2, 0.25) is 0 Å². The predicted molar refractivity (Wildman–Crippen MR) is 389 cm³/mol. The van der Waals surface area contributed by atoms with Crippen molar-refractivity contribution in [2.75, 3.05) is 0 Å². The fraction of sp³-hybridized carbons (Fsp3) is 0.381. The zero-order valence-corrected chi connectivity index (χ0v) is 59.8. The lowest BCUT2D eigenvalue weighted by Gasteiger charge is -2.27. The number of benzene rings is 10. The fourth-order valence-corrected chi connectivity index (χ4v) is 14.1. The molecule has 0 heterocycles. The quantitative estimate of drug-likeness (QED) is 0.151. The van der Waals surface area contributed by atoms with Gasteiger partial charge in [-0.3, -0.25) is 0 Å². The molecule has 0 spiro atoms. The molecule has 0 aliphatic heterocycles. The Balaban J connectivity index is 1.40. The van der Waals surface area contributed by atoms with Crippen molar-refractivity contribution in [3.05, 3.63) is 199 Å². The summed E-state index contributed by atoms with van der Waals surface area (Å²) in [6.45, 7) is 56.1. The second-order valence-electron chi connectivity index (χ2n) is 33.7. The average molecular weight is 1270 g/mol. The van der Waals surface area contributed by atoms with E-state index in [0.29, 0.717) is 0 Å². The fourth-order valence-electron chi connectivity index (χ4n) is 12.3. The molecular weight excluding hydrogens is 1170 g/mol. The Kier molecular flexibility index (Phi) is 15.8. The molecule has 0 fully saturated rings. The van der Waals surface area contributed by atoms with Gasteiger partial charge in [-0.05, 0) is 228 Å². The van der Waals surface area contributed by atoms with Crippen LogP contribution in [0, 0.1) is 0 Å². The van der Waals surface area contributed by atoms with E-state index in [1.165, 1.54) is 138 Å². The van der Waals surface area contributed by atoms with Crippen molar-refractivity contribution in [1.29, 1.82) is 0 Å². The summed E-state index contributed by atoms with van der Waals surface area (Å²) < 4.78 is 2.15. The van der Waals surface area contributed by atoms with E-state index >= 15 is 0 Å². The van der Waals surface area contributed by atoms with Gasteiger partial charge < -0.3 is 0 Å². The standard InChI is InChI=1S/C84H96Br2/c1-77(2,3)60-35-53(36-61(45-60)78(4,5)6)49-27-29-68-56(31-49)33-52-26-25-51(55-39-64(81(13,14)15)47-65(40-55)82(16,17)18)43-70(52)74(68)75-69-30-28-50(54-37-62(79(7,8)9)46-63(38-54)80(10,11)12)32-57(69)34-58-44-71(85)72(76(86)73(58)75)59-41-66(83(19,20)21)48-67(42-59)84(22,23)24/h25-48H,1-24H3. The van der Waals surface area contributed by atoms with Crippen molar-refractivity contribution in [3.8, 4) is 55.6 Å². The summed E-state index contributed by atoms with van der Waals surface area (Å²) in [5.41, 5.74) is 22.8. The maximum atomic E-state index is 4.55. The van der Waals surface area contributed by atoms with E-state index in [1.807, 2.05) is 0 Å². The van der Waals surface area contributed by atoms with Crippen LogP contribution in [0.5, 0.6) is 0 Å². The lowest BCUT2D eigenvalue weighted by Crippen LogP contribution is -2.16. The van der Waals surface area contributed by atoms with Gasteiger partial charge in [0.05, 0.1) is 0 Å². The topological polar surface area (TPSA) is 0 Å². The molecular formula is C84H96Br2. The van der Waals surface area contributed by atoms with Gasteiger partial charge in [-0.25, -0.2) is 0 Å². The smallest absolute Gasteiger partial charge is 0.0350 e. The molecule has 0 saturated carbocycles. The molecule has 0 radical (unpaired) electrons. The Morgan fingerprint density at radius 3 is 0.837 bits per heavy atom. The molecule has 0 N–H and O–H groups in total. The molecule has 0 saturated heterocycles. The molecule has 2 heteroatoms. The van der Waals surface area contributed by atoms with Gasteiger partial charge in [0.2, 0.25) is 0 Å². The number of fused-ring (bicyclic) bond motifs is 4. The number of hydrogen-bond donors (Lipinski definition) is 0. The Morgan fingerprint density at radius 2 is 0.500 bits per heavy atom. The Morgan fingerprint density at radius 1 is 0.209 bits per heavy atom. The molecule has 10 aromatic rings. The minimum atomic E-state index is -0.0637. The van der Waals surface area contributed by atoms with Gasteiger partial charge in [-0.15, -0.1) is 0 Å². The molecule has 0 nitrogen and oxygen atoms in total. The summed E-state index contributed by atoms with van der Waals surface area (Å²) >= 11 is 8.84. The van der Waals surface area contributed by atoms with Gasteiger partial charge in [-0.1, -0.05) is 291 Å². The van der Waals surface area contributed by atoms with Gasteiger partial charge in [0.15, 0.2) is 0 Å². The van der Waals surface area contributed by atoms with Crippen molar-refractivity contribution in [2.24, 2.45) is 0 Å². The highest BCUT2D eigenvalue weighted by molar-refractivity contribution is 9.11. The number of hydrogen-bond acceptors (Lipinski definition) is 0. The van der Waals surface area contributed by atoms with Crippen LogP contribution in [-0.2, 0) is 43.3 Å². The summed E-state index contributed by atoms with van der Waals surface area (Å²) in [6.07, 6.45) is 0. The summed E-state index contributed by atoms with van der Waals surface area (Å²) in [6, 6.07) is 58.6. The van der Waals surface area contributed by atoms with Crippen LogP contribution in [0.1, 0.15) is 211 Å². The Bertz CT molecular complexity index is 4210. The van der Waals surface area contributed by atoms with E-state index in [1.54, 1.807) is 0 Å². The third-order valence-electron chi connectivity index (χ3n) is 18.3. The normalized spacial score (nSPS) is 13.5. The molecule has 10 rings (SSSR count). The van der Waals surface area contributed by atoms with Gasteiger partial charge in [0.1, 0.15) is 0 Å². The van der Waals surface area contributed by atoms with E-state index in [4.69, 9.17) is 0 Å². The minimum absolute atomic E-state index is 0.0167. The average Bonchev–Trinajstić information content (AvgIpc) is 0.725. The summed E-state index contributed by atoms with van der Waals surface area (Å²) in [5.74, 6) is 0. The third kappa shape index (κ3) is 12.5. The van der Waals surface area contributed by atoms with E-state index < -0.39 is 0 Å². The molecule has 0 aromatic heterocycles. The molecule has 10 aromatic carbocycles. The van der Waals surface area contributed by atoms with E-state index in [-0.39, 0.29) is 43.3 Å². The zero-order chi connectivity index (χ0) is 63.1. The lowest BCUT2D eigenvalue weighted by molar-refractivity contribution is 0.568. The molecule has 0 bridgehead atoms. The van der Waals surface area contributed by atoms with Gasteiger partial charge in [0, 0.05) is 19.9 Å². The molecule has 0 atom stereocenters. The van der Waals surface area contributed by atoms with Crippen LogP contribution in [0.4, 0.5) is 0 Å². The molecule has 0 aliphatic rings. The van der Waals surface area contributed by atoms with Crippen LogP contribution < -0.4 is 0 Å². The van der Waals surface area contributed by atoms with E-state index in [9.17, 15) is 0 Å². The maximum absolute atomic E-state index is 4.55. The first-order valence-corrected chi connectivity index (χ1v) is 33.1. The van der Waals surface area contributed by atoms with Crippen LogP contribution >= 0.6 is 31.9 Å². The SMILES string of the molecule is CC(C)(C)c1cc(-c2ccc3c(-c4c5ccc(-c6cc(C(C)(C)C)cc(C(C)(C)C)c6)cc5cc5cc(Br)c(-c6cc(C(C)(C)C)cc(C(C)(C)C)c6)c(Br)c45)c4cc(-c5cc(C(C)(C)C)cc(C(C)(C)C)c5)ccc4cc3c2)cc(C(C)(C)C)c1. The molecule has 0 amide bonds. The second-order valence-corrected chi connectivity index (χ2v) is 35.3. The van der Waals surface area contributed by atoms with Crippen molar-refractivity contribution in [3.63, 3.8) is 0 Å². The third-order valence-corrected chi connectivity index (χ3v) is 19.7. The number of rotatable bonds is 5. The number of halogens is 2. The first-order chi connectivity index (χ1) is 39.4. The maximum Gasteiger partial charge on any atom is 0.0350 e. The highest BCUT2D eigenvalue weighted by Gasteiger charge is 2.29. The van der Waals surface area contributed by atoms with E-state index in [2.05, 4.69) is 344 Å². The summed E-state index contributed by atoms with van der Waals surface area (Å²) in [5, 5.41) is 9.70.